The lowest BCUT2D eigenvalue weighted by Gasteiger charge is -2.30. The number of benzene rings is 2. The fraction of sp³-hybridized carbons (Fsp3) is 0.500. The molecule has 4 rings (SSSR count). The molecule has 9 atom stereocenters. The van der Waals surface area contributed by atoms with Crippen molar-refractivity contribution in [2.45, 2.75) is 50.5 Å². The Labute approximate surface area is 250 Å². The van der Waals surface area contributed by atoms with E-state index in [0.29, 0.717) is 0 Å². The number of hydrogen-bond acceptors (Lipinski definition) is 9. The lowest BCUT2D eigenvalue weighted by atomic mass is 9.80. The van der Waals surface area contributed by atoms with E-state index in [1.165, 1.54) is 0 Å². The third-order valence-corrected chi connectivity index (χ3v) is 9.23. The number of rotatable bonds is 13. The standard InChI is InChI=1S/C30H41B2O9P/c1-19-22(39-27(31)24(19)29(33)36-15-20-11-7-5-8-12-20)18-38-42(3,4)41-26-23(17-35-2)40-28(32)25(26)30(34)37-16-21-13-9-6-10-14-21/h5-14,19,22-28H,3,15-18,31-32H2,1-2,4H3. The Kier molecular flexibility index (Phi) is 11.5. The van der Waals surface area contributed by atoms with E-state index in [0.717, 1.165) is 11.1 Å². The van der Waals surface area contributed by atoms with E-state index in [-0.39, 0.29) is 50.4 Å². The van der Waals surface area contributed by atoms with E-state index in [2.05, 4.69) is 6.30 Å². The minimum Gasteiger partial charge on any atom is -0.461 e. The second-order valence-electron chi connectivity index (χ2n) is 11.2. The van der Waals surface area contributed by atoms with Crippen LogP contribution in [0.15, 0.2) is 60.7 Å². The van der Waals surface area contributed by atoms with Crippen molar-refractivity contribution in [2.75, 3.05) is 27.0 Å². The molecule has 2 fully saturated rings. The lowest BCUT2D eigenvalue weighted by molar-refractivity contribution is -0.153. The highest BCUT2D eigenvalue weighted by Gasteiger charge is 2.50. The Balaban J connectivity index is 1.35. The van der Waals surface area contributed by atoms with Crippen LogP contribution >= 0.6 is 7.34 Å². The molecule has 2 heterocycles. The van der Waals surface area contributed by atoms with Crippen LogP contribution in [0.2, 0.25) is 0 Å². The largest absolute Gasteiger partial charge is 0.461 e. The van der Waals surface area contributed by atoms with Gasteiger partial charge in [-0.2, -0.15) is 0 Å². The molecule has 42 heavy (non-hydrogen) atoms. The summed E-state index contributed by atoms with van der Waals surface area (Å²) in [6.07, 6.45) is 2.73. The fourth-order valence-corrected chi connectivity index (χ4v) is 6.91. The van der Waals surface area contributed by atoms with Crippen LogP contribution in [-0.2, 0) is 55.5 Å². The zero-order chi connectivity index (χ0) is 30.3. The maximum atomic E-state index is 13.2. The van der Waals surface area contributed by atoms with Crippen molar-refractivity contribution in [3.8, 4) is 0 Å². The molecule has 9 nitrogen and oxygen atoms in total. The Morgan fingerprint density at radius 3 is 1.88 bits per heavy atom. The van der Waals surface area contributed by atoms with Crippen molar-refractivity contribution in [3.63, 3.8) is 0 Å². The molecule has 0 bridgehead atoms. The summed E-state index contributed by atoms with van der Waals surface area (Å²) >= 11 is 0. The third-order valence-electron chi connectivity index (χ3n) is 7.84. The fourth-order valence-electron chi connectivity index (χ4n) is 5.60. The topological polar surface area (TPSA) is 98.8 Å². The molecule has 2 saturated heterocycles. The van der Waals surface area contributed by atoms with Gasteiger partial charge >= 0.3 is 11.9 Å². The van der Waals surface area contributed by atoms with Crippen LogP contribution in [0.1, 0.15) is 18.1 Å². The molecule has 2 aliphatic heterocycles. The zero-order valence-electron chi connectivity index (χ0n) is 25.0. The lowest BCUT2D eigenvalue weighted by Crippen LogP contribution is -2.38. The van der Waals surface area contributed by atoms with Gasteiger partial charge in [-0.1, -0.05) is 73.9 Å². The van der Waals surface area contributed by atoms with Gasteiger partial charge < -0.3 is 32.7 Å². The molecule has 226 valence electrons. The normalized spacial score (nSPS) is 30.5. The van der Waals surface area contributed by atoms with Crippen LogP contribution in [0, 0.1) is 17.8 Å². The van der Waals surface area contributed by atoms with Gasteiger partial charge in [-0.15, -0.1) is 0 Å². The van der Waals surface area contributed by atoms with E-state index >= 15 is 0 Å². The molecule has 2 aromatic rings. The van der Waals surface area contributed by atoms with Gasteiger partial charge in [-0.05, 0) is 17.0 Å². The molecule has 0 aliphatic carbocycles. The first-order valence-electron chi connectivity index (χ1n) is 14.3. The van der Waals surface area contributed by atoms with Crippen molar-refractivity contribution in [1.82, 2.24) is 0 Å². The highest BCUT2D eigenvalue weighted by Crippen LogP contribution is 2.49. The van der Waals surface area contributed by atoms with E-state index in [1.54, 1.807) is 13.8 Å². The second kappa shape index (κ2) is 14.9. The highest BCUT2D eigenvalue weighted by atomic mass is 31.2. The predicted molar refractivity (Wildman–Crippen MR) is 166 cm³/mol. The molecule has 2 aromatic carbocycles. The number of methoxy groups -OCH3 is 1. The van der Waals surface area contributed by atoms with Crippen LogP contribution in [0.5, 0.6) is 0 Å². The molecule has 0 aromatic heterocycles. The number of esters is 2. The summed E-state index contributed by atoms with van der Waals surface area (Å²) in [6, 6.07) is 18.3. The second-order valence-corrected chi connectivity index (χ2v) is 13.7. The SMILES string of the molecule is BC1OC(COP(=C)(C)OC2C(COC)OC(B)C2C(=O)OCc2ccccc2)C(C)C1C(=O)OCc1ccccc1. The third kappa shape index (κ3) is 8.37. The number of hydrogen-bond donors (Lipinski definition) is 0. The van der Waals surface area contributed by atoms with Gasteiger partial charge in [0.2, 0.25) is 0 Å². The molecule has 0 amide bonds. The number of carbonyl (C=O) groups is 2. The highest BCUT2D eigenvalue weighted by molar-refractivity contribution is 7.63. The summed E-state index contributed by atoms with van der Waals surface area (Å²) in [5.41, 5.74) is 1.82. The quantitative estimate of drug-likeness (QED) is 0.195. The van der Waals surface area contributed by atoms with Gasteiger partial charge in [0, 0.05) is 25.8 Å². The first-order valence-corrected chi connectivity index (χ1v) is 16.6. The summed E-state index contributed by atoms with van der Waals surface area (Å²) in [4.78, 5) is 26.2. The van der Waals surface area contributed by atoms with Gasteiger partial charge in [-0.3, -0.25) is 9.59 Å². The molecule has 0 N–H and O–H groups in total. The Morgan fingerprint density at radius 2 is 1.33 bits per heavy atom. The Morgan fingerprint density at radius 1 is 0.833 bits per heavy atom. The van der Waals surface area contributed by atoms with Gasteiger partial charge in [0.1, 0.15) is 54.4 Å². The van der Waals surface area contributed by atoms with Gasteiger partial charge in [0.15, 0.2) is 0 Å². The van der Waals surface area contributed by atoms with E-state index < -0.39 is 43.4 Å². The van der Waals surface area contributed by atoms with Gasteiger partial charge in [-0.25, -0.2) is 0 Å². The average molecular weight is 598 g/mol. The zero-order valence-corrected chi connectivity index (χ0v) is 25.9. The van der Waals surface area contributed by atoms with Crippen molar-refractivity contribution in [1.29, 1.82) is 0 Å². The molecule has 9 unspecified atom stereocenters. The molecule has 0 spiro atoms. The summed E-state index contributed by atoms with van der Waals surface area (Å²) < 4.78 is 41.4. The van der Waals surface area contributed by atoms with Gasteiger partial charge in [0.25, 0.3) is 0 Å². The summed E-state index contributed by atoms with van der Waals surface area (Å²) in [5.74, 6) is -1.94. The van der Waals surface area contributed by atoms with Crippen LogP contribution in [0.3, 0.4) is 0 Å². The summed E-state index contributed by atoms with van der Waals surface area (Å²) in [7, 11) is 2.55. The number of carbonyl (C=O) groups excluding carboxylic acids is 2. The maximum Gasteiger partial charge on any atom is 0.313 e. The van der Waals surface area contributed by atoms with E-state index in [9.17, 15) is 9.59 Å². The summed E-state index contributed by atoms with van der Waals surface area (Å²) in [6.45, 7) is 4.55. The van der Waals surface area contributed by atoms with Crippen molar-refractivity contribution < 1.29 is 42.3 Å². The van der Waals surface area contributed by atoms with E-state index in [4.69, 9.17) is 32.7 Å². The first-order chi connectivity index (χ1) is 20.1. The van der Waals surface area contributed by atoms with Crippen LogP contribution in [0.25, 0.3) is 0 Å². The van der Waals surface area contributed by atoms with Crippen LogP contribution in [0.4, 0.5) is 0 Å². The minimum absolute atomic E-state index is 0.139. The predicted octanol–water partition coefficient (Wildman–Crippen LogP) is 2.02. The van der Waals surface area contributed by atoms with Crippen molar-refractivity contribution in [3.05, 3.63) is 71.8 Å². The monoisotopic (exact) mass is 598 g/mol. The summed E-state index contributed by atoms with van der Waals surface area (Å²) in [5, 5.41) is 0. The molecular formula is C30H41B2O9P. The smallest absolute Gasteiger partial charge is 0.313 e. The number of ether oxygens (including phenoxy) is 5. The van der Waals surface area contributed by atoms with Crippen molar-refractivity contribution >= 4 is 41.3 Å². The Bertz CT molecular complexity index is 1220. The van der Waals surface area contributed by atoms with E-state index in [1.807, 2.05) is 83.3 Å². The van der Waals surface area contributed by atoms with Crippen LogP contribution < -0.4 is 0 Å². The molecule has 12 heteroatoms. The Hall–Kier alpha value is -2.39. The molecular weight excluding hydrogens is 557 g/mol. The first kappa shape index (κ1) is 32.5. The van der Waals surface area contributed by atoms with Crippen LogP contribution in [-0.4, -0.2) is 91.2 Å². The molecule has 2 aliphatic rings. The van der Waals surface area contributed by atoms with Crippen molar-refractivity contribution in [2.24, 2.45) is 17.8 Å². The molecule has 0 saturated carbocycles. The average Bonchev–Trinajstić information content (AvgIpc) is 3.43. The maximum absolute atomic E-state index is 13.2. The van der Waals surface area contributed by atoms with Gasteiger partial charge in [0.05, 0.1) is 25.2 Å². The molecule has 0 radical (unpaired) electrons. The minimum atomic E-state index is -2.72.